The number of hydrogen-bond donors (Lipinski definition) is 1. The third-order valence-corrected chi connectivity index (χ3v) is 4.68. The van der Waals surface area contributed by atoms with Crippen LogP contribution < -0.4 is 5.32 Å². The lowest BCUT2D eigenvalue weighted by Crippen LogP contribution is -2.33. The molecule has 1 saturated heterocycles. The van der Waals surface area contributed by atoms with Crippen LogP contribution in [-0.4, -0.2) is 41.0 Å². The summed E-state index contributed by atoms with van der Waals surface area (Å²) in [5.41, 5.74) is 1.89. The quantitative estimate of drug-likeness (QED) is 0.912. The minimum Gasteiger partial charge on any atom is -0.375 e. The van der Waals surface area contributed by atoms with Crippen LogP contribution in [-0.2, 0) is 9.53 Å². The van der Waals surface area contributed by atoms with Gasteiger partial charge in [0.15, 0.2) is 5.13 Å². The lowest BCUT2D eigenvalue weighted by atomic mass is 10.1. The number of hydrogen-bond acceptors (Lipinski definition) is 6. The number of anilines is 2. The molecule has 0 unspecified atom stereocenters. The third-order valence-electron chi connectivity index (χ3n) is 3.81. The minimum absolute atomic E-state index is 0.0192. The normalized spacial score (nSPS) is 17.5. The molecule has 1 N–H and O–H groups in total. The molecule has 7 heteroatoms. The Bertz CT molecular complexity index is 688. The number of nitrogens with zero attached hydrogens (tertiary/aromatic N) is 3. The monoisotopic (exact) mass is 332 g/mol. The zero-order valence-electron chi connectivity index (χ0n) is 13.3. The van der Waals surface area contributed by atoms with Crippen molar-refractivity contribution >= 4 is 28.2 Å². The van der Waals surface area contributed by atoms with Gasteiger partial charge in [0, 0.05) is 19.0 Å². The summed E-state index contributed by atoms with van der Waals surface area (Å²) in [4.78, 5) is 23.1. The van der Waals surface area contributed by atoms with Crippen molar-refractivity contribution in [1.82, 2.24) is 14.9 Å². The van der Waals surface area contributed by atoms with Crippen LogP contribution in [0.2, 0.25) is 0 Å². The number of aryl methyl sites for hydroxylation is 1. The zero-order chi connectivity index (χ0) is 16.2. The Hall–Kier alpha value is -1.99. The fraction of sp³-hybridized carbons (Fsp3) is 0.438. The van der Waals surface area contributed by atoms with Crippen molar-refractivity contribution in [3.63, 3.8) is 0 Å². The largest absolute Gasteiger partial charge is 0.375 e. The molecule has 0 aromatic carbocycles. The van der Waals surface area contributed by atoms with Gasteiger partial charge in [0.1, 0.15) is 12.4 Å². The van der Waals surface area contributed by atoms with Crippen LogP contribution in [0.4, 0.5) is 10.9 Å². The van der Waals surface area contributed by atoms with Gasteiger partial charge in [0.05, 0.1) is 17.4 Å². The number of carbonyl (C=O) groups is 1. The van der Waals surface area contributed by atoms with Crippen LogP contribution in [0.25, 0.3) is 0 Å². The Labute approximate surface area is 139 Å². The van der Waals surface area contributed by atoms with Gasteiger partial charge in [0.2, 0.25) is 5.91 Å². The lowest BCUT2D eigenvalue weighted by molar-refractivity contribution is -0.136. The predicted molar refractivity (Wildman–Crippen MR) is 89.9 cm³/mol. The zero-order valence-corrected chi connectivity index (χ0v) is 14.1. The summed E-state index contributed by atoms with van der Waals surface area (Å²) in [6, 6.07) is 5.87. The second kappa shape index (κ2) is 7.06. The Kier molecular flexibility index (Phi) is 4.88. The first kappa shape index (κ1) is 15.9. The van der Waals surface area contributed by atoms with Crippen LogP contribution >= 0.6 is 11.3 Å². The Balaban J connectivity index is 1.77. The number of thiazole rings is 1. The Morgan fingerprint density at radius 1 is 1.48 bits per heavy atom. The highest BCUT2D eigenvalue weighted by molar-refractivity contribution is 7.13. The van der Waals surface area contributed by atoms with Crippen molar-refractivity contribution in [1.29, 1.82) is 0 Å². The SMILES string of the molecule is COCC(=O)N1CCC[C@H]1c1cccc(Nc2nc(C)cs2)n1. The van der Waals surface area contributed by atoms with Crippen molar-refractivity contribution in [2.24, 2.45) is 0 Å². The fourth-order valence-electron chi connectivity index (χ4n) is 2.81. The van der Waals surface area contributed by atoms with E-state index in [1.165, 1.54) is 0 Å². The van der Waals surface area contributed by atoms with Crippen molar-refractivity contribution in [2.45, 2.75) is 25.8 Å². The molecule has 1 amide bonds. The average Bonchev–Trinajstić information content (AvgIpc) is 3.17. The van der Waals surface area contributed by atoms with E-state index < -0.39 is 0 Å². The molecule has 1 atom stereocenters. The molecule has 0 saturated carbocycles. The number of rotatable bonds is 5. The second-order valence-corrected chi connectivity index (χ2v) is 6.40. The van der Waals surface area contributed by atoms with Gasteiger partial charge in [-0.25, -0.2) is 9.97 Å². The number of methoxy groups -OCH3 is 1. The first-order valence-corrected chi connectivity index (χ1v) is 8.50. The number of pyridine rings is 1. The summed E-state index contributed by atoms with van der Waals surface area (Å²) in [6.45, 7) is 2.84. The van der Waals surface area contributed by atoms with Crippen LogP contribution in [0, 0.1) is 6.92 Å². The summed E-state index contributed by atoms with van der Waals surface area (Å²) in [7, 11) is 1.54. The van der Waals surface area contributed by atoms with E-state index in [4.69, 9.17) is 4.74 Å². The molecular formula is C16H20N4O2S. The van der Waals surface area contributed by atoms with Crippen LogP contribution in [0.15, 0.2) is 23.6 Å². The molecule has 1 fully saturated rings. The first-order chi connectivity index (χ1) is 11.2. The van der Waals surface area contributed by atoms with Crippen molar-refractivity contribution in [2.75, 3.05) is 25.6 Å². The first-order valence-electron chi connectivity index (χ1n) is 7.62. The number of ether oxygens (including phenoxy) is 1. The van der Waals surface area contributed by atoms with E-state index in [9.17, 15) is 4.79 Å². The topological polar surface area (TPSA) is 67.3 Å². The van der Waals surface area contributed by atoms with E-state index in [2.05, 4.69) is 15.3 Å². The number of likely N-dealkylation sites (tertiary alicyclic amines) is 1. The number of aromatic nitrogens is 2. The number of amides is 1. The highest BCUT2D eigenvalue weighted by Crippen LogP contribution is 2.31. The van der Waals surface area contributed by atoms with Crippen LogP contribution in [0.1, 0.15) is 30.3 Å². The summed E-state index contributed by atoms with van der Waals surface area (Å²) >= 11 is 1.55. The van der Waals surface area contributed by atoms with Gasteiger partial charge in [-0.05, 0) is 31.9 Å². The highest BCUT2D eigenvalue weighted by atomic mass is 32.1. The maximum atomic E-state index is 12.2. The molecule has 3 rings (SSSR count). The molecule has 0 aliphatic carbocycles. The predicted octanol–water partition coefficient (Wildman–Crippen LogP) is 2.90. The highest BCUT2D eigenvalue weighted by Gasteiger charge is 2.30. The van der Waals surface area contributed by atoms with Gasteiger partial charge in [-0.3, -0.25) is 4.79 Å². The fourth-order valence-corrected chi connectivity index (χ4v) is 3.50. The molecule has 0 bridgehead atoms. The second-order valence-electron chi connectivity index (χ2n) is 5.54. The van der Waals surface area contributed by atoms with E-state index in [1.807, 2.05) is 35.4 Å². The molecule has 2 aromatic rings. The molecule has 0 radical (unpaired) electrons. The standard InChI is InChI=1S/C16H20N4O2S/c1-11-10-23-16(17-11)19-14-7-3-5-12(18-14)13-6-4-8-20(13)15(21)9-22-2/h3,5,7,10,13H,4,6,8-9H2,1-2H3,(H,17,18,19)/t13-/m0/s1. The van der Waals surface area contributed by atoms with Gasteiger partial charge >= 0.3 is 0 Å². The number of carbonyl (C=O) groups excluding carboxylic acids is 1. The molecule has 23 heavy (non-hydrogen) atoms. The lowest BCUT2D eigenvalue weighted by Gasteiger charge is -2.24. The molecule has 1 aliphatic heterocycles. The molecule has 0 spiro atoms. The molecule has 2 aromatic heterocycles. The van der Waals surface area contributed by atoms with E-state index in [0.29, 0.717) is 0 Å². The van der Waals surface area contributed by atoms with Gasteiger partial charge < -0.3 is 15.0 Å². The Morgan fingerprint density at radius 3 is 3.09 bits per heavy atom. The maximum Gasteiger partial charge on any atom is 0.249 e. The minimum atomic E-state index is 0.0192. The van der Waals surface area contributed by atoms with E-state index in [1.54, 1.807) is 18.4 Å². The molecular weight excluding hydrogens is 312 g/mol. The van der Waals surface area contributed by atoms with E-state index in [-0.39, 0.29) is 18.6 Å². The summed E-state index contributed by atoms with van der Waals surface area (Å²) in [5.74, 6) is 0.772. The summed E-state index contributed by atoms with van der Waals surface area (Å²) < 4.78 is 4.97. The Morgan fingerprint density at radius 2 is 2.35 bits per heavy atom. The summed E-state index contributed by atoms with van der Waals surface area (Å²) in [6.07, 6.45) is 1.92. The smallest absolute Gasteiger partial charge is 0.249 e. The van der Waals surface area contributed by atoms with E-state index in [0.717, 1.165) is 41.7 Å². The molecule has 122 valence electrons. The van der Waals surface area contributed by atoms with Gasteiger partial charge in [-0.2, -0.15) is 0 Å². The van der Waals surface area contributed by atoms with Crippen molar-refractivity contribution in [3.05, 3.63) is 35.0 Å². The van der Waals surface area contributed by atoms with E-state index >= 15 is 0 Å². The van der Waals surface area contributed by atoms with Gasteiger partial charge in [-0.15, -0.1) is 11.3 Å². The van der Waals surface area contributed by atoms with Gasteiger partial charge in [-0.1, -0.05) is 6.07 Å². The van der Waals surface area contributed by atoms with Crippen LogP contribution in [0.5, 0.6) is 0 Å². The molecule has 1 aliphatic rings. The molecule has 3 heterocycles. The van der Waals surface area contributed by atoms with Gasteiger partial charge in [0.25, 0.3) is 0 Å². The van der Waals surface area contributed by atoms with Crippen molar-refractivity contribution < 1.29 is 9.53 Å². The van der Waals surface area contributed by atoms with Crippen molar-refractivity contribution in [3.8, 4) is 0 Å². The summed E-state index contributed by atoms with van der Waals surface area (Å²) in [5, 5.41) is 6.05. The maximum absolute atomic E-state index is 12.2. The third kappa shape index (κ3) is 3.68. The number of nitrogens with one attached hydrogen (secondary N) is 1. The molecule has 6 nitrogen and oxygen atoms in total. The average molecular weight is 332 g/mol. The van der Waals surface area contributed by atoms with Crippen LogP contribution in [0.3, 0.4) is 0 Å².